The van der Waals surface area contributed by atoms with E-state index in [9.17, 15) is 14.4 Å². The molecule has 0 radical (unpaired) electrons. The Kier molecular flexibility index (Phi) is 10.2. The fraction of sp³-hybridized carbons (Fsp3) is 0.444. The first-order valence-corrected chi connectivity index (χ1v) is 12.4. The number of likely N-dealkylation sites (N-methyl/N-ethyl adjacent to an activating group) is 1. The molecule has 2 aromatic carbocycles. The van der Waals surface area contributed by atoms with Gasteiger partial charge in [-0.3, -0.25) is 9.59 Å². The quantitative estimate of drug-likeness (QED) is 0.448. The number of benzene rings is 2. The zero-order chi connectivity index (χ0) is 26.2. The lowest BCUT2D eigenvalue weighted by atomic mass is 9.95. The second kappa shape index (κ2) is 12.6. The second-order valence-electron chi connectivity index (χ2n) is 9.40. The van der Waals surface area contributed by atoms with E-state index in [1.165, 1.54) is 4.90 Å². The largest absolute Gasteiger partial charge is 0.444 e. The molecular weight excluding hydrogens is 462 g/mol. The SMILES string of the molecule is CCN(C(=O)C(CS)NC(=O)OC(C)(C)C)C(C(=O)NCc1ccccc1)c1cccc(C)c1C. The van der Waals surface area contributed by atoms with Crippen LogP contribution >= 0.6 is 12.6 Å². The highest BCUT2D eigenvalue weighted by Gasteiger charge is 2.35. The number of thiol groups is 1. The zero-order valence-corrected chi connectivity index (χ0v) is 22.3. The first kappa shape index (κ1) is 28.2. The summed E-state index contributed by atoms with van der Waals surface area (Å²) in [5.74, 6) is -0.651. The number of amides is 3. The monoisotopic (exact) mass is 499 g/mol. The predicted molar refractivity (Wildman–Crippen MR) is 141 cm³/mol. The third-order valence-electron chi connectivity index (χ3n) is 5.61. The van der Waals surface area contributed by atoms with Gasteiger partial charge in [0, 0.05) is 18.8 Å². The Labute approximate surface area is 214 Å². The summed E-state index contributed by atoms with van der Waals surface area (Å²) in [5.41, 5.74) is 2.93. The fourth-order valence-corrected chi connectivity index (χ4v) is 3.95. The summed E-state index contributed by atoms with van der Waals surface area (Å²) in [6, 6.07) is 13.5. The highest BCUT2D eigenvalue weighted by Crippen LogP contribution is 2.27. The lowest BCUT2D eigenvalue weighted by Gasteiger charge is -2.34. The second-order valence-corrected chi connectivity index (χ2v) is 9.77. The summed E-state index contributed by atoms with van der Waals surface area (Å²) in [4.78, 5) is 41.0. The minimum Gasteiger partial charge on any atom is -0.444 e. The lowest BCUT2D eigenvalue weighted by molar-refractivity contribution is -0.141. The first-order chi connectivity index (χ1) is 16.5. The van der Waals surface area contributed by atoms with Crippen molar-refractivity contribution >= 4 is 30.5 Å². The number of nitrogens with one attached hydrogen (secondary N) is 2. The Morgan fingerprint density at radius 3 is 2.26 bits per heavy atom. The Morgan fingerprint density at radius 2 is 1.69 bits per heavy atom. The van der Waals surface area contributed by atoms with Crippen LogP contribution in [0.3, 0.4) is 0 Å². The summed E-state index contributed by atoms with van der Waals surface area (Å²) in [5, 5.41) is 5.59. The van der Waals surface area contributed by atoms with E-state index in [1.807, 2.05) is 69.3 Å². The van der Waals surface area contributed by atoms with E-state index in [2.05, 4.69) is 23.3 Å². The van der Waals surface area contributed by atoms with Gasteiger partial charge in [-0.1, -0.05) is 48.5 Å². The Bertz CT molecular complexity index is 1020. The van der Waals surface area contributed by atoms with E-state index >= 15 is 0 Å². The standard InChI is InChI=1S/C27H37N3O4S/c1-7-30(25(32)22(17-35)29-26(33)34-27(4,5)6)23(21-15-11-12-18(2)19(21)3)24(31)28-16-20-13-9-8-10-14-20/h8-15,22-23,35H,7,16-17H2,1-6H3,(H,28,31)(H,29,33). The van der Waals surface area contributed by atoms with E-state index in [4.69, 9.17) is 4.74 Å². The first-order valence-electron chi connectivity index (χ1n) is 11.8. The molecule has 2 rings (SSSR count). The van der Waals surface area contributed by atoms with Crippen LogP contribution in [0.2, 0.25) is 0 Å². The topological polar surface area (TPSA) is 87.7 Å². The van der Waals surface area contributed by atoms with Crippen molar-refractivity contribution in [1.82, 2.24) is 15.5 Å². The molecule has 0 aromatic heterocycles. The average Bonchev–Trinajstić information content (AvgIpc) is 2.80. The maximum absolute atomic E-state index is 13.6. The van der Waals surface area contributed by atoms with Crippen LogP contribution in [0.5, 0.6) is 0 Å². The molecule has 2 aromatic rings. The van der Waals surface area contributed by atoms with Gasteiger partial charge in [0.05, 0.1) is 0 Å². The molecule has 8 heteroatoms. The van der Waals surface area contributed by atoms with Crippen molar-refractivity contribution in [1.29, 1.82) is 0 Å². The van der Waals surface area contributed by atoms with E-state index < -0.39 is 29.7 Å². The van der Waals surface area contributed by atoms with Gasteiger partial charge in [-0.2, -0.15) is 12.6 Å². The van der Waals surface area contributed by atoms with Gasteiger partial charge in [0.15, 0.2) is 0 Å². The van der Waals surface area contributed by atoms with Gasteiger partial charge in [-0.05, 0) is 63.8 Å². The molecule has 0 aliphatic rings. The third-order valence-corrected chi connectivity index (χ3v) is 5.97. The highest BCUT2D eigenvalue weighted by atomic mass is 32.1. The normalized spacial score (nSPS) is 12.9. The smallest absolute Gasteiger partial charge is 0.408 e. The maximum atomic E-state index is 13.6. The summed E-state index contributed by atoms with van der Waals surface area (Å²) < 4.78 is 5.31. The Morgan fingerprint density at radius 1 is 1.03 bits per heavy atom. The highest BCUT2D eigenvalue weighted by molar-refractivity contribution is 7.80. The minimum absolute atomic E-state index is 0.0553. The summed E-state index contributed by atoms with van der Waals surface area (Å²) in [6.45, 7) is 11.5. The molecule has 0 saturated heterocycles. The van der Waals surface area contributed by atoms with Crippen molar-refractivity contribution in [3.05, 3.63) is 70.8 Å². The Hall–Kier alpha value is -3.00. The van der Waals surface area contributed by atoms with Crippen LogP contribution < -0.4 is 10.6 Å². The molecule has 0 bridgehead atoms. The molecule has 2 unspecified atom stereocenters. The van der Waals surface area contributed by atoms with Crippen molar-refractivity contribution in [2.24, 2.45) is 0 Å². The summed E-state index contributed by atoms with van der Waals surface area (Å²) in [6.07, 6.45) is -0.710. The van der Waals surface area contributed by atoms with E-state index in [0.29, 0.717) is 6.54 Å². The number of nitrogens with zero attached hydrogens (tertiary/aromatic N) is 1. The molecule has 2 N–H and O–H groups in total. The van der Waals surface area contributed by atoms with Crippen LogP contribution in [-0.4, -0.2) is 46.7 Å². The van der Waals surface area contributed by atoms with Gasteiger partial charge in [-0.25, -0.2) is 4.79 Å². The molecule has 0 saturated carbocycles. The van der Waals surface area contributed by atoms with Crippen molar-refractivity contribution in [3.63, 3.8) is 0 Å². The predicted octanol–water partition coefficient (Wildman–Crippen LogP) is 4.33. The van der Waals surface area contributed by atoms with Crippen LogP contribution in [-0.2, 0) is 20.9 Å². The van der Waals surface area contributed by atoms with Gasteiger partial charge in [0.25, 0.3) is 0 Å². The fourth-order valence-electron chi connectivity index (χ4n) is 3.70. The van der Waals surface area contributed by atoms with Gasteiger partial charge < -0.3 is 20.3 Å². The molecule has 0 spiro atoms. The van der Waals surface area contributed by atoms with Crippen molar-refractivity contribution < 1.29 is 19.1 Å². The van der Waals surface area contributed by atoms with Crippen LogP contribution in [0.4, 0.5) is 4.79 Å². The molecule has 0 fully saturated rings. The molecule has 0 heterocycles. The molecule has 35 heavy (non-hydrogen) atoms. The van der Waals surface area contributed by atoms with E-state index in [1.54, 1.807) is 20.8 Å². The molecule has 190 valence electrons. The van der Waals surface area contributed by atoms with E-state index in [-0.39, 0.29) is 18.2 Å². The van der Waals surface area contributed by atoms with Crippen LogP contribution in [0.15, 0.2) is 48.5 Å². The number of ether oxygens (including phenoxy) is 1. The van der Waals surface area contributed by atoms with Crippen molar-refractivity contribution in [3.8, 4) is 0 Å². The average molecular weight is 500 g/mol. The van der Waals surface area contributed by atoms with Crippen molar-refractivity contribution in [2.45, 2.75) is 65.8 Å². The van der Waals surface area contributed by atoms with Gasteiger partial charge in [-0.15, -0.1) is 0 Å². The minimum atomic E-state index is -0.956. The van der Waals surface area contributed by atoms with Crippen molar-refractivity contribution in [2.75, 3.05) is 12.3 Å². The molecule has 2 atom stereocenters. The van der Waals surface area contributed by atoms with Gasteiger partial charge in [0.2, 0.25) is 11.8 Å². The summed E-state index contributed by atoms with van der Waals surface area (Å²) in [7, 11) is 0. The van der Waals surface area contributed by atoms with Gasteiger partial charge in [0.1, 0.15) is 17.7 Å². The number of alkyl carbamates (subject to hydrolysis) is 1. The van der Waals surface area contributed by atoms with Crippen LogP contribution in [0.25, 0.3) is 0 Å². The van der Waals surface area contributed by atoms with E-state index in [0.717, 1.165) is 22.3 Å². The summed E-state index contributed by atoms with van der Waals surface area (Å²) >= 11 is 4.29. The number of hydrogen-bond acceptors (Lipinski definition) is 5. The molecule has 7 nitrogen and oxygen atoms in total. The van der Waals surface area contributed by atoms with Gasteiger partial charge >= 0.3 is 6.09 Å². The third kappa shape index (κ3) is 8.02. The van der Waals surface area contributed by atoms with Crippen LogP contribution in [0, 0.1) is 13.8 Å². The van der Waals surface area contributed by atoms with Crippen LogP contribution in [0.1, 0.15) is 56.0 Å². The molecule has 3 amide bonds. The molecule has 0 aliphatic carbocycles. The molecule has 0 aliphatic heterocycles. The number of rotatable bonds is 9. The number of carbonyl (C=O) groups is 3. The lowest BCUT2D eigenvalue weighted by Crippen LogP contribution is -2.53. The zero-order valence-electron chi connectivity index (χ0n) is 21.4. The maximum Gasteiger partial charge on any atom is 0.408 e. The Balaban J connectivity index is 2.37. The molecular formula is C27H37N3O4S. The number of carbonyl (C=O) groups excluding carboxylic acids is 3. The number of hydrogen-bond donors (Lipinski definition) is 3. The number of aryl methyl sites for hydroxylation is 1.